The average Bonchev–Trinajstić information content (AvgIpc) is 3.64. The molecular formula is C24H23N3O3. The van der Waals surface area contributed by atoms with Crippen LogP contribution in [0.1, 0.15) is 45.2 Å². The topological polar surface area (TPSA) is 71.5 Å². The molecule has 2 aliphatic rings. The fourth-order valence-electron chi connectivity index (χ4n) is 3.85. The zero-order chi connectivity index (χ0) is 20.5. The van der Waals surface area contributed by atoms with Gasteiger partial charge in [-0.05, 0) is 43.2 Å². The number of fused-ring (bicyclic) bond motifs is 1. The molecule has 30 heavy (non-hydrogen) atoms. The molecule has 1 saturated heterocycles. The van der Waals surface area contributed by atoms with Crippen LogP contribution in [0.15, 0.2) is 54.6 Å². The van der Waals surface area contributed by atoms with E-state index in [1.807, 2.05) is 30.3 Å². The molecule has 0 atom stereocenters. The molecule has 1 aromatic heterocycles. The van der Waals surface area contributed by atoms with Gasteiger partial charge in [0.05, 0.1) is 24.3 Å². The molecule has 2 heterocycles. The lowest BCUT2D eigenvalue weighted by Crippen LogP contribution is -2.40. The molecule has 1 N–H and O–H groups in total. The van der Waals surface area contributed by atoms with Crippen molar-refractivity contribution in [1.29, 1.82) is 0 Å². The summed E-state index contributed by atoms with van der Waals surface area (Å²) >= 11 is 0. The Morgan fingerprint density at radius 3 is 2.60 bits per heavy atom. The first-order valence-electron chi connectivity index (χ1n) is 10.4. The third-order valence-electron chi connectivity index (χ3n) is 5.64. The van der Waals surface area contributed by atoms with Crippen molar-refractivity contribution in [2.24, 2.45) is 0 Å². The fourth-order valence-corrected chi connectivity index (χ4v) is 3.85. The normalized spacial score (nSPS) is 16.5. The molecular weight excluding hydrogens is 378 g/mol. The summed E-state index contributed by atoms with van der Waals surface area (Å²) in [6, 6.07) is 16.8. The van der Waals surface area contributed by atoms with E-state index < -0.39 is 0 Å². The molecule has 0 bridgehead atoms. The number of amides is 2. The summed E-state index contributed by atoms with van der Waals surface area (Å²) < 4.78 is 5.32. The van der Waals surface area contributed by atoms with Crippen molar-refractivity contribution in [1.82, 2.24) is 9.88 Å². The highest BCUT2D eigenvalue weighted by Gasteiger charge is 2.27. The number of pyridine rings is 1. The molecule has 0 spiro atoms. The molecule has 6 heteroatoms. The highest BCUT2D eigenvalue weighted by Crippen LogP contribution is 2.40. The lowest BCUT2D eigenvalue weighted by atomic mass is 10.0. The summed E-state index contributed by atoms with van der Waals surface area (Å²) in [5.41, 5.74) is 3.60. The first kappa shape index (κ1) is 18.8. The predicted octanol–water partition coefficient (Wildman–Crippen LogP) is 3.84. The summed E-state index contributed by atoms with van der Waals surface area (Å²) in [5.74, 6) is 0.224. The van der Waals surface area contributed by atoms with Gasteiger partial charge in [-0.15, -0.1) is 0 Å². The SMILES string of the molecule is O=C(Nc1cccc(C(=O)N2CCOCC2)c1)c1cc(C2CC2)nc2ccccc12. The maximum atomic E-state index is 13.2. The van der Waals surface area contributed by atoms with Crippen LogP contribution in [-0.2, 0) is 4.74 Å². The van der Waals surface area contributed by atoms with Gasteiger partial charge in [-0.1, -0.05) is 24.3 Å². The maximum Gasteiger partial charge on any atom is 0.256 e. The van der Waals surface area contributed by atoms with Crippen LogP contribution in [-0.4, -0.2) is 48.0 Å². The number of nitrogens with one attached hydrogen (secondary N) is 1. The molecule has 6 nitrogen and oxygen atoms in total. The molecule has 0 unspecified atom stereocenters. The predicted molar refractivity (Wildman–Crippen MR) is 115 cm³/mol. The Kier molecular flexibility index (Phi) is 4.93. The second-order valence-corrected chi connectivity index (χ2v) is 7.83. The minimum atomic E-state index is -0.188. The van der Waals surface area contributed by atoms with Gasteiger partial charge in [0, 0.05) is 41.3 Å². The lowest BCUT2D eigenvalue weighted by Gasteiger charge is -2.27. The number of ether oxygens (including phenoxy) is 1. The van der Waals surface area contributed by atoms with E-state index in [4.69, 9.17) is 9.72 Å². The molecule has 0 radical (unpaired) electrons. The largest absolute Gasteiger partial charge is 0.378 e. The Bertz CT molecular complexity index is 1120. The van der Waals surface area contributed by atoms with Crippen LogP contribution in [0.4, 0.5) is 5.69 Å². The molecule has 1 aliphatic carbocycles. The maximum absolute atomic E-state index is 13.2. The summed E-state index contributed by atoms with van der Waals surface area (Å²) in [7, 11) is 0. The number of benzene rings is 2. The van der Waals surface area contributed by atoms with Gasteiger partial charge < -0.3 is 15.0 Å². The second-order valence-electron chi connectivity index (χ2n) is 7.83. The monoisotopic (exact) mass is 401 g/mol. The smallest absolute Gasteiger partial charge is 0.256 e. The van der Waals surface area contributed by atoms with E-state index in [1.54, 1.807) is 29.2 Å². The van der Waals surface area contributed by atoms with Crippen molar-refractivity contribution >= 4 is 28.4 Å². The van der Waals surface area contributed by atoms with Crippen LogP contribution < -0.4 is 5.32 Å². The van der Waals surface area contributed by atoms with Crippen LogP contribution in [0.5, 0.6) is 0 Å². The minimum absolute atomic E-state index is 0.0419. The van der Waals surface area contributed by atoms with E-state index in [0.717, 1.165) is 29.4 Å². The standard InChI is InChI=1S/C24H23N3O3/c28-23(20-15-22(16-8-9-16)26-21-7-2-1-6-19(20)21)25-18-5-3-4-17(14-18)24(29)27-10-12-30-13-11-27/h1-7,14-16H,8-13H2,(H,25,28). The number of hydrogen-bond donors (Lipinski definition) is 1. The molecule has 3 aromatic rings. The zero-order valence-electron chi connectivity index (χ0n) is 16.6. The van der Waals surface area contributed by atoms with E-state index >= 15 is 0 Å². The van der Waals surface area contributed by atoms with E-state index in [-0.39, 0.29) is 11.8 Å². The van der Waals surface area contributed by atoms with Gasteiger partial charge in [-0.25, -0.2) is 0 Å². The van der Waals surface area contributed by atoms with Gasteiger partial charge in [0.15, 0.2) is 0 Å². The van der Waals surface area contributed by atoms with E-state index in [1.165, 1.54) is 0 Å². The summed E-state index contributed by atoms with van der Waals surface area (Å²) in [4.78, 5) is 32.4. The molecule has 1 aliphatic heterocycles. The van der Waals surface area contributed by atoms with E-state index in [9.17, 15) is 9.59 Å². The van der Waals surface area contributed by atoms with Gasteiger partial charge in [-0.3, -0.25) is 14.6 Å². The van der Waals surface area contributed by atoms with E-state index in [0.29, 0.717) is 49.0 Å². The summed E-state index contributed by atoms with van der Waals surface area (Å²) in [6.07, 6.45) is 2.25. The number of anilines is 1. The number of nitrogens with zero attached hydrogens (tertiary/aromatic N) is 2. The zero-order valence-corrected chi connectivity index (χ0v) is 16.6. The number of carbonyl (C=O) groups is 2. The molecule has 2 amide bonds. The Morgan fingerprint density at radius 2 is 1.80 bits per heavy atom. The molecule has 152 valence electrons. The van der Waals surface area contributed by atoms with Gasteiger partial charge in [0.2, 0.25) is 0 Å². The number of hydrogen-bond acceptors (Lipinski definition) is 4. The average molecular weight is 401 g/mol. The Labute approximate surface area is 174 Å². The van der Waals surface area contributed by atoms with Gasteiger partial charge >= 0.3 is 0 Å². The molecule has 2 aromatic carbocycles. The molecule has 1 saturated carbocycles. The molecule has 5 rings (SSSR count). The third kappa shape index (κ3) is 3.78. The van der Waals surface area contributed by atoms with Crippen molar-refractivity contribution in [2.75, 3.05) is 31.6 Å². The van der Waals surface area contributed by atoms with Crippen LogP contribution in [0.3, 0.4) is 0 Å². The Balaban J connectivity index is 1.41. The minimum Gasteiger partial charge on any atom is -0.378 e. The van der Waals surface area contributed by atoms with Crippen molar-refractivity contribution < 1.29 is 14.3 Å². The second kappa shape index (κ2) is 7.88. The number of carbonyl (C=O) groups excluding carboxylic acids is 2. The number of para-hydroxylation sites is 1. The Hall–Kier alpha value is -3.25. The van der Waals surface area contributed by atoms with E-state index in [2.05, 4.69) is 5.32 Å². The highest BCUT2D eigenvalue weighted by molar-refractivity contribution is 6.12. The van der Waals surface area contributed by atoms with Crippen molar-refractivity contribution in [2.45, 2.75) is 18.8 Å². The van der Waals surface area contributed by atoms with Gasteiger partial charge in [0.25, 0.3) is 11.8 Å². The lowest BCUT2D eigenvalue weighted by molar-refractivity contribution is 0.0303. The highest BCUT2D eigenvalue weighted by atomic mass is 16.5. The third-order valence-corrected chi connectivity index (χ3v) is 5.64. The van der Waals surface area contributed by atoms with Crippen molar-refractivity contribution in [3.8, 4) is 0 Å². The molecule has 2 fully saturated rings. The summed E-state index contributed by atoms with van der Waals surface area (Å²) in [5, 5.41) is 3.81. The number of rotatable bonds is 4. The van der Waals surface area contributed by atoms with Crippen molar-refractivity contribution in [3.05, 3.63) is 71.4 Å². The van der Waals surface area contributed by atoms with Gasteiger partial charge in [0.1, 0.15) is 0 Å². The fraction of sp³-hybridized carbons (Fsp3) is 0.292. The Morgan fingerprint density at radius 1 is 1.00 bits per heavy atom. The van der Waals surface area contributed by atoms with Gasteiger partial charge in [-0.2, -0.15) is 0 Å². The van der Waals surface area contributed by atoms with Crippen LogP contribution in [0.2, 0.25) is 0 Å². The number of aromatic nitrogens is 1. The summed E-state index contributed by atoms with van der Waals surface area (Å²) in [6.45, 7) is 2.28. The quantitative estimate of drug-likeness (QED) is 0.721. The van der Waals surface area contributed by atoms with Crippen LogP contribution in [0.25, 0.3) is 10.9 Å². The first-order valence-corrected chi connectivity index (χ1v) is 10.4. The van der Waals surface area contributed by atoms with Crippen LogP contribution in [0, 0.1) is 0 Å². The van der Waals surface area contributed by atoms with Crippen LogP contribution >= 0.6 is 0 Å². The number of morpholine rings is 1. The van der Waals surface area contributed by atoms with Crippen molar-refractivity contribution in [3.63, 3.8) is 0 Å². The first-order chi connectivity index (χ1) is 14.7.